The van der Waals surface area contributed by atoms with E-state index in [1.165, 1.54) is 16.0 Å². The Morgan fingerprint density at radius 1 is 1.19 bits per heavy atom. The zero-order valence-corrected chi connectivity index (χ0v) is 20.8. The van der Waals surface area contributed by atoms with Crippen LogP contribution < -0.4 is 4.74 Å². The molecule has 1 aliphatic heterocycles. The molecule has 0 radical (unpaired) electrons. The second-order valence-electron chi connectivity index (χ2n) is 9.10. The van der Waals surface area contributed by atoms with E-state index < -0.39 is 0 Å². The predicted octanol–water partition coefficient (Wildman–Crippen LogP) is 5.27. The van der Waals surface area contributed by atoms with Crippen molar-refractivity contribution in [1.29, 1.82) is 0 Å². The van der Waals surface area contributed by atoms with E-state index in [4.69, 9.17) is 4.74 Å². The molecule has 0 N–H and O–H groups in total. The molecule has 2 amide bonds. The van der Waals surface area contributed by atoms with Crippen molar-refractivity contribution < 1.29 is 14.3 Å². The minimum Gasteiger partial charge on any atom is -0.491 e. The molecule has 0 aliphatic carbocycles. The summed E-state index contributed by atoms with van der Waals surface area (Å²) in [6.45, 7) is 11.9. The number of hydrogen-bond acceptors (Lipinski definition) is 4. The van der Waals surface area contributed by atoms with E-state index in [-0.39, 0.29) is 24.4 Å². The summed E-state index contributed by atoms with van der Waals surface area (Å²) in [6.07, 6.45) is 1.83. The summed E-state index contributed by atoms with van der Waals surface area (Å²) in [4.78, 5) is 30.4. The fourth-order valence-corrected chi connectivity index (χ4v) is 4.99. The zero-order chi connectivity index (χ0) is 23.3. The van der Waals surface area contributed by atoms with E-state index in [1.807, 2.05) is 17.0 Å². The van der Waals surface area contributed by atoms with Crippen molar-refractivity contribution in [2.75, 3.05) is 26.2 Å². The van der Waals surface area contributed by atoms with Crippen LogP contribution in [-0.4, -0.2) is 47.9 Å². The van der Waals surface area contributed by atoms with Gasteiger partial charge in [0, 0.05) is 24.9 Å². The number of hydrogen-bond donors (Lipinski definition) is 0. The average Bonchev–Trinajstić information content (AvgIpc) is 3.26. The quantitative estimate of drug-likeness (QED) is 0.516. The van der Waals surface area contributed by atoms with E-state index >= 15 is 0 Å². The van der Waals surface area contributed by atoms with Crippen LogP contribution in [0.25, 0.3) is 0 Å². The Labute approximate surface area is 196 Å². The lowest BCUT2D eigenvalue weighted by atomic mass is 10.00. The van der Waals surface area contributed by atoms with Crippen LogP contribution in [0.3, 0.4) is 0 Å². The lowest BCUT2D eigenvalue weighted by molar-refractivity contribution is -0.142. The fraction of sp³-hybridized carbons (Fsp3) is 0.538. The minimum absolute atomic E-state index is 0.0101. The lowest BCUT2D eigenvalue weighted by Gasteiger charge is -2.37. The first-order valence-corrected chi connectivity index (χ1v) is 12.5. The largest absolute Gasteiger partial charge is 0.491 e. The van der Waals surface area contributed by atoms with Crippen LogP contribution in [0, 0.1) is 5.92 Å². The van der Waals surface area contributed by atoms with Gasteiger partial charge in [-0.05, 0) is 53.0 Å². The van der Waals surface area contributed by atoms with Crippen molar-refractivity contribution >= 4 is 23.2 Å². The van der Waals surface area contributed by atoms with Gasteiger partial charge in [-0.25, -0.2) is 0 Å². The van der Waals surface area contributed by atoms with Gasteiger partial charge in [0.05, 0.1) is 12.6 Å². The molecular formula is C26H36N2O3S. The maximum atomic E-state index is 13.3. The number of benzene rings is 1. The average molecular weight is 457 g/mol. The second kappa shape index (κ2) is 11.0. The molecule has 2 aromatic rings. The minimum atomic E-state index is -0.139. The van der Waals surface area contributed by atoms with Crippen LogP contribution >= 0.6 is 11.3 Å². The maximum Gasteiger partial charge on any atom is 0.242 e. The Kier molecular flexibility index (Phi) is 8.35. The predicted molar refractivity (Wildman–Crippen MR) is 130 cm³/mol. The van der Waals surface area contributed by atoms with Crippen molar-refractivity contribution in [3.05, 3.63) is 51.7 Å². The number of amides is 2. The first-order chi connectivity index (χ1) is 15.3. The Morgan fingerprint density at radius 3 is 2.53 bits per heavy atom. The molecule has 174 valence electrons. The molecule has 0 bridgehead atoms. The Balaban J connectivity index is 1.73. The standard InChI is InChI=1S/C26H36N2O3S/c1-6-19(4)15-27(20(5)29)16-26(30)28-13-11-25-23(12-14-32-25)24(28)17-31-22-9-7-21(8-10-22)18(2)3/h7-10,12,14,18-19,24H,6,11,13,15-17H2,1-5H3. The van der Waals surface area contributed by atoms with Crippen molar-refractivity contribution in [2.24, 2.45) is 5.92 Å². The summed E-state index contributed by atoms with van der Waals surface area (Å²) in [5, 5.41) is 2.09. The van der Waals surface area contributed by atoms with Gasteiger partial charge in [-0.1, -0.05) is 46.2 Å². The van der Waals surface area contributed by atoms with Gasteiger partial charge >= 0.3 is 0 Å². The number of thiophene rings is 1. The van der Waals surface area contributed by atoms with Gasteiger partial charge < -0.3 is 14.5 Å². The molecule has 1 aromatic carbocycles. The summed E-state index contributed by atoms with van der Waals surface area (Å²) in [7, 11) is 0. The number of fused-ring (bicyclic) bond motifs is 1. The summed E-state index contributed by atoms with van der Waals surface area (Å²) in [6, 6.07) is 10.2. The number of carbonyl (C=O) groups is 2. The van der Waals surface area contributed by atoms with Gasteiger partial charge in [0.15, 0.2) is 0 Å². The van der Waals surface area contributed by atoms with Gasteiger partial charge in [0.1, 0.15) is 12.4 Å². The summed E-state index contributed by atoms with van der Waals surface area (Å²) >= 11 is 1.74. The fourth-order valence-electron chi connectivity index (χ4n) is 4.06. The van der Waals surface area contributed by atoms with E-state index in [0.29, 0.717) is 31.5 Å². The van der Waals surface area contributed by atoms with Crippen LogP contribution in [0.15, 0.2) is 35.7 Å². The summed E-state index contributed by atoms with van der Waals surface area (Å²) in [5.74, 6) is 1.59. The molecule has 0 saturated carbocycles. The van der Waals surface area contributed by atoms with Gasteiger partial charge in [-0.3, -0.25) is 9.59 Å². The Morgan fingerprint density at radius 2 is 1.91 bits per heavy atom. The molecule has 5 nitrogen and oxygen atoms in total. The van der Waals surface area contributed by atoms with Gasteiger partial charge in [0.2, 0.25) is 11.8 Å². The molecule has 32 heavy (non-hydrogen) atoms. The van der Waals surface area contributed by atoms with E-state index in [1.54, 1.807) is 23.2 Å². The van der Waals surface area contributed by atoms with Gasteiger partial charge in [-0.2, -0.15) is 0 Å². The summed E-state index contributed by atoms with van der Waals surface area (Å²) < 4.78 is 6.15. The molecule has 0 spiro atoms. The molecule has 0 fully saturated rings. The number of rotatable bonds is 9. The smallest absolute Gasteiger partial charge is 0.242 e. The summed E-state index contributed by atoms with van der Waals surface area (Å²) in [5.41, 5.74) is 2.45. The van der Waals surface area contributed by atoms with Crippen LogP contribution in [0.4, 0.5) is 0 Å². The normalized spacial score (nSPS) is 16.6. The number of nitrogens with zero attached hydrogens (tertiary/aromatic N) is 2. The van der Waals surface area contributed by atoms with Crippen LogP contribution in [-0.2, 0) is 16.0 Å². The third-order valence-electron chi connectivity index (χ3n) is 6.37. The number of ether oxygens (including phenoxy) is 1. The van der Waals surface area contributed by atoms with Crippen molar-refractivity contribution in [3.8, 4) is 5.75 Å². The maximum absolute atomic E-state index is 13.3. The molecule has 2 heterocycles. The zero-order valence-electron chi connectivity index (χ0n) is 20.0. The highest BCUT2D eigenvalue weighted by Gasteiger charge is 2.33. The molecule has 6 heteroatoms. The van der Waals surface area contributed by atoms with E-state index in [0.717, 1.165) is 18.6 Å². The highest BCUT2D eigenvalue weighted by molar-refractivity contribution is 7.10. The first-order valence-electron chi connectivity index (χ1n) is 11.6. The van der Waals surface area contributed by atoms with Crippen molar-refractivity contribution in [3.63, 3.8) is 0 Å². The van der Waals surface area contributed by atoms with E-state index in [2.05, 4.69) is 51.3 Å². The van der Waals surface area contributed by atoms with Gasteiger partial charge in [0.25, 0.3) is 0 Å². The third-order valence-corrected chi connectivity index (χ3v) is 7.37. The lowest BCUT2D eigenvalue weighted by Crippen LogP contribution is -2.48. The molecule has 1 aliphatic rings. The van der Waals surface area contributed by atoms with Crippen LogP contribution in [0.1, 0.15) is 69.0 Å². The highest BCUT2D eigenvalue weighted by Crippen LogP contribution is 2.34. The second-order valence-corrected chi connectivity index (χ2v) is 10.1. The van der Waals surface area contributed by atoms with Crippen LogP contribution in [0.5, 0.6) is 5.75 Å². The molecule has 2 atom stereocenters. The van der Waals surface area contributed by atoms with Gasteiger partial charge in [-0.15, -0.1) is 11.3 Å². The van der Waals surface area contributed by atoms with Crippen LogP contribution in [0.2, 0.25) is 0 Å². The number of carbonyl (C=O) groups excluding carboxylic acids is 2. The molecule has 2 unspecified atom stereocenters. The Bertz CT molecular complexity index is 906. The van der Waals surface area contributed by atoms with Crippen molar-refractivity contribution in [2.45, 2.75) is 59.4 Å². The molecule has 0 saturated heterocycles. The molecule has 1 aromatic heterocycles. The van der Waals surface area contributed by atoms with Crippen molar-refractivity contribution in [1.82, 2.24) is 9.80 Å². The van der Waals surface area contributed by atoms with E-state index in [9.17, 15) is 9.59 Å². The SMILES string of the molecule is CCC(C)CN(CC(=O)N1CCc2sccc2C1COc1ccc(C(C)C)cc1)C(C)=O. The molecule has 3 rings (SSSR count). The Hall–Kier alpha value is -2.34. The highest BCUT2D eigenvalue weighted by atomic mass is 32.1. The molecular weight excluding hydrogens is 420 g/mol. The first kappa shape index (κ1) is 24.3. The third kappa shape index (κ3) is 5.91. The topological polar surface area (TPSA) is 49.9 Å². The monoisotopic (exact) mass is 456 g/mol.